The Bertz CT molecular complexity index is 1430. The number of aryl methyl sites for hydroxylation is 1. The van der Waals surface area contributed by atoms with E-state index in [9.17, 15) is 9.59 Å². The second kappa shape index (κ2) is 8.11. The number of hydrogen-bond acceptors (Lipinski definition) is 5. The minimum absolute atomic E-state index is 0.170. The van der Waals surface area contributed by atoms with Crippen LogP contribution < -0.4 is 10.9 Å². The van der Waals surface area contributed by atoms with E-state index in [2.05, 4.69) is 10.4 Å². The standard InChI is InChI=1S/C23H20ClN5O2S/c1-13-6-3-4-9-19(13)29-21-16(11-25-29)22(31)28-15(12-32-23(28)27-21)10-20(30)26-18-8-5-7-17(24)14(18)2/h3-9,11,15H,10,12H2,1-2H3,(H,26,30). The zero-order valence-electron chi connectivity index (χ0n) is 17.5. The second-order valence-electron chi connectivity index (χ2n) is 7.78. The van der Waals surface area contributed by atoms with Gasteiger partial charge in [-0.15, -0.1) is 0 Å². The summed E-state index contributed by atoms with van der Waals surface area (Å²) in [5, 5.41) is 8.98. The third-order valence-electron chi connectivity index (χ3n) is 5.68. The number of hydrogen-bond donors (Lipinski definition) is 1. The lowest BCUT2D eigenvalue weighted by atomic mass is 10.1. The van der Waals surface area contributed by atoms with Crippen molar-refractivity contribution in [3.8, 4) is 5.69 Å². The van der Waals surface area contributed by atoms with Crippen molar-refractivity contribution in [2.24, 2.45) is 0 Å². The zero-order valence-corrected chi connectivity index (χ0v) is 19.1. The number of thioether (sulfide) groups is 1. The van der Waals surface area contributed by atoms with E-state index in [-0.39, 0.29) is 23.9 Å². The molecular formula is C23H20ClN5O2S. The van der Waals surface area contributed by atoms with E-state index < -0.39 is 0 Å². The van der Waals surface area contributed by atoms with E-state index in [1.807, 2.05) is 44.2 Å². The van der Waals surface area contributed by atoms with Crippen molar-refractivity contribution in [3.63, 3.8) is 0 Å². The summed E-state index contributed by atoms with van der Waals surface area (Å²) < 4.78 is 3.33. The van der Waals surface area contributed by atoms with Crippen LogP contribution in [-0.4, -0.2) is 31.0 Å². The van der Waals surface area contributed by atoms with Crippen LogP contribution in [0.15, 0.2) is 58.6 Å². The first-order chi connectivity index (χ1) is 15.4. The molecular weight excluding hydrogens is 446 g/mol. The Morgan fingerprint density at radius 1 is 1.22 bits per heavy atom. The quantitative estimate of drug-likeness (QED) is 0.448. The van der Waals surface area contributed by atoms with Gasteiger partial charge in [0, 0.05) is 22.9 Å². The van der Waals surface area contributed by atoms with Crippen molar-refractivity contribution in [2.45, 2.75) is 31.5 Å². The van der Waals surface area contributed by atoms with Crippen molar-refractivity contribution in [1.82, 2.24) is 19.3 Å². The molecule has 7 nitrogen and oxygen atoms in total. The van der Waals surface area contributed by atoms with Gasteiger partial charge in [-0.05, 0) is 43.2 Å². The topological polar surface area (TPSA) is 81.8 Å². The van der Waals surface area contributed by atoms with Crippen LogP contribution in [0.1, 0.15) is 23.6 Å². The Balaban J connectivity index is 1.46. The molecule has 3 heterocycles. The van der Waals surface area contributed by atoms with Crippen molar-refractivity contribution in [1.29, 1.82) is 0 Å². The molecule has 0 aliphatic carbocycles. The Morgan fingerprint density at radius 2 is 2.03 bits per heavy atom. The van der Waals surface area contributed by atoms with Crippen molar-refractivity contribution in [2.75, 3.05) is 11.1 Å². The van der Waals surface area contributed by atoms with E-state index in [0.29, 0.717) is 32.7 Å². The van der Waals surface area contributed by atoms with E-state index in [1.54, 1.807) is 27.6 Å². The molecule has 1 unspecified atom stereocenters. The normalized spacial score (nSPS) is 15.2. The van der Waals surface area contributed by atoms with Gasteiger partial charge in [-0.1, -0.05) is 47.6 Å². The fourth-order valence-electron chi connectivity index (χ4n) is 3.92. The summed E-state index contributed by atoms with van der Waals surface area (Å²) >= 11 is 7.63. The molecule has 32 heavy (non-hydrogen) atoms. The Hall–Kier alpha value is -3.10. The van der Waals surface area contributed by atoms with Crippen molar-refractivity contribution in [3.05, 3.63) is 75.2 Å². The third-order valence-corrected chi connectivity index (χ3v) is 7.18. The smallest absolute Gasteiger partial charge is 0.265 e. The maximum atomic E-state index is 13.3. The first-order valence-corrected chi connectivity index (χ1v) is 11.5. The number of benzene rings is 2. The van der Waals surface area contributed by atoms with Crippen molar-refractivity contribution >= 4 is 46.0 Å². The van der Waals surface area contributed by atoms with Crippen LogP contribution in [0, 0.1) is 13.8 Å². The number of rotatable bonds is 4. The van der Waals surface area contributed by atoms with E-state index >= 15 is 0 Å². The van der Waals surface area contributed by atoms with Gasteiger partial charge in [0.25, 0.3) is 5.56 Å². The molecule has 0 spiro atoms. The lowest BCUT2D eigenvalue weighted by Gasteiger charge is -2.15. The van der Waals surface area contributed by atoms with Crippen LogP contribution in [0.5, 0.6) is 0 Å². The van der Waals surface area contributed by atoms with Gasteiger partial charge >= 0.3 is 0 Å². The van der Waals surface area contributed by atoms with Crippen LogP contribution >= 0.6 is 23.4 Å². The van der Waals surface area contributed by atoms with Crippen LogP contribution in [-0.2, 0) is 4.79 Å². The average molecular weight is 466 g/mol. The lowest BCUT2D eigenvalue weighted by molar-refractivity contribution is -0.116. The summed E-state index contributed by atoms with van der Waals surface area (Å²) in [4.78, 5) is 30.8. The molecule has 1 N–H and O–H groups in total. The molecule has 1 aliphatic heterocycles. The van der Waals surface area contributed by atoms with Gasteiger partial charge < -0.3 is 5.32 Å². The van der Waals surface area contributed by atoms with Crippen LogP contribution in [0.4, 0.5) is 5.69 Å². The zero-order chi connectivity index (χ0) is 22.4. The summed E-state index contributed by atoms with van der Waals surface area (Å²) in [5.41, 5.74) is 3.77. The number of fused-ring (bicyclic) bond motifs is 2. The third kappa shape index (κ3) is 3.49. The number of carbonyl (C=O) groups excluding carboxylic acids is 1. The summed E-state index contributed by atoms with van der Waals surface area (Å²) in [7, 11) is 0. The highest BCUT2D eigenvalue weighted by Gasteiger charge is 2.30. The molecule has 0 bridgehead atoms. The van der Waals surface area contributed by atoms with Gasteiger partial charge in [-0.25, -0.2) is 9.67 Å². The SMILES string of the molecule is Cc1ccccc1-n1ncc2c(=O)n3c(nc21)SCC3CC(=O)Nc1cccc(Cl)c1C. The molecule has 162 valence electrons. The van der Waals surface area contributed by atoms with Crippen molar-refractivity contribution < 1.29 is 4.79 Å². The molecule has 9 heteroatoms. The van der Waals surface area contributed by atoms with Gasteiger partial charge in [-0.2, -0.15) is 5.10 Å². The average Bonchev–Trinajstić information content (AvgIpc) is 3.37. The first kappa shape index (κ1) is 20.8. The number of anilines is 1. The molecule has 0 saturated carbocycles. The minimum atomic E-state index is -0.277. The minimum Gasteiger partial charge on any atom is -0.326 e. The Kier molecular flexibility index (Phi) is 5.27. The molecule has 1 atom stereocenters. The van der Waals surface area contributed by atoms with Gasteiger partial charge in [0.1, 0.15) is 5.39 Å². The summed E-state index contributed by atoms with van der Waals surface area (Å²) in [6.07, 6.45) is 1.73. The van der Waals surface area contributed by atoms with Crippen LogP contribution in [0.2, 0.25) is 5.02 Å². The molecule has 0 radical (unpaired) electrons. The highest BCUT2D eigenvalue weighted by Crippen LogP contribution is 2.34. The van der Waals surface area contributed by atoms with E-state index in [1.165, 1.54) is 11.8 Å². The summed E-state index contributed by atoms with van der Waals surface area (Å²) in [5.74, 6) is 0.436. The molecule has 5 rings (SSSR count). The highest BCUT2D eigenvalue weighted by atomic mass is 35.5. The number of nitrogens with zero attached hydrogens (tertiary/aromatic N) is 4. The molecule has 2 aromatic heterocycles. The molecule has 0 saturated heterocycles. The fraction of sp³-hybridized carbons (Fsp3) is 0.217. The molecule has 4 aromatic rings. The number of para-hydroxylation sites is 1. The maximum absolute atomic E-state index is 13.3. The predicted octanol–water partition coefficient (Wildman–Crippen LogP) is 4.53. The Morgan fingerprint density at radius 3 is 2.84 bits per heavy atom. The Labute approximate surface area is 193 Å². The first-order valence-electron chi connectivity index (χ1n) is 10.2. The number of carbonyl (C=O) groups is 1. The predicted molar refractivity (Wildman–Crippen MR) is 127 cm³/mol. The van der Waals surface area contributed by atoms with Gasteiger partial charge in [0.2, 0.25) is 5.91 Å². The number of halogens is 1. The molecule has 2 aromatic carbocycles. The van der Waals surface area contributed by atoms with Gasteiger partial charge in [0.05, 0.1) is 17.9 Å². The molecule has 0 fully saturated rings. The highest BCUT2D eigenvalue weighted by molar-refractivity contribution is 7.99. The van der Waals surface area contributed by atoms with Gasteiger partial charge in [0.15, 0.2) is 10.8 Å². The fourth-order valence-corrected chi connectivity index (χ4v) is 5.22. The lowest BCUT2D eigenvalue weighted by Crippen LogP contribution is -2.28. The van der Waals surface area contributed by atoms with Gasteiger partial charge in [-0.3, -0.25) is 14.2 Å². The summed E-state index contributed by atoms with van der Waals surface area (Å²) in [6.45, 7) is 3.85. The van der Waals surface area contributed by atoms with E-state index in [0.717, 1.165) is 16.8 Å². The van der Waals surface area contributed by atoms with E-state index in [4.69, 9.17) is 16.6 Å². The number of nitrogens with one attached hydrogen (secondary N) is 1. The van der Waals surface area contributed by atoms with Crippen LogP contribution in [0.25, 0.3) is 16.7 Å². The largest absolute Gasteiger partial charge is 0.326 e. The van der Waals surface area contributed by atoms with Crippen LogP contribution in [0.3, 0.4) is 0 Å². The summed E-state index contributed by atoms with van der Waals surface area (Å²) in [6, 6.07) is 12.9. The number of aromatic nitrogens is 4. The second-order valence-corrected chi connectivity index (χ2v) is 9.17. The molecule has 1 aliphatic rings. The molecule has 1 amide bonds. The maximum Gasteiger partial charge on any atom is 0.265 e. The number of amides is 1. The monoisotopic (exact) mass is 465 g/mol.